The van der Waals surface area contributed by atoms with Crippen LogP contribution in [0.3, 0.4) is 0 Å². The van der Waals surface area contributed by atoms with Crippen molar-refractivity contribution in [2.24, 2.45) is 0 Å². The van der Waals surface area contributed by atoms with Crippen molar-refractivity contribution < 1.29 is 0 Å². The summed E-state index contributed by atoms with van der Waals surface area (Å²) in [5, 5.41) is 1.42. The van der Waals surface area contributed by atoms with Gasteiger partial charge in [-0.05, 0) is 88.9 Å². The first kappa shape index (κ1) is 28.6. The molecule has 0 spiro atoms. The Labute approximate surface area is 257 Å². The van der Waals surface area contributed by atoms with E-state index in [0.717, 1.165) is 45.6 Å². The van der Waals surface area contributed by atoms with Crippen LogP contribution in [0.25, 0.3) is 11.1 Å². The minimum atomic E-state index is 0.708. The van der Waals surface area contributed by atoms with E-state index < -0.39 is 0 Å². The van der Waals surface area contributed by atoms with Crippen molar-refractivity contribution in [1.82, 2.24) is 0 Å². The van der Waals surface area contributed by atoms with Crippen LogP contribution in [-0.2, 0) is 0 Å². The summed E-state index contributed by atoms with van der Waals surface area (Å²) in [5.74, 6) is 7.79. The Hall–Kier alpha value is -3.93. The molecule has 5 aromatic rings. The van der Waals surface area contributed by atoms with Crippen LogP contribution in [0.15, 0.2) is 156 Å². The minimum Gasteiger partial charge on any atom is -0.126 e. The fraction of sp³-hybridized carbons (Fsp3) is 0.0526. The van der Waals surface area contributed by atoms with Gasteiger partial charge in [-0.1, -0.05) is 126 Å². The molecule has 5 rings (SSSR count). The Balaban J connectivity index is 1.68. The van der Waals surface area contributed by atoms with E-state index in [1.54, 1.807) is 0 Å². The zero-order chi connectivity index (χ0) is 28.3. The molecule has 0 saturated carbocycles. The van der Waals surface area contributed by atoms with E-state index in [2.05, 4.69) is 96.8 Å². The normalized spacial score (nSPS) is 10.9. The molecule has 200 valence electrons. The van der Waals surface area contributed by atoms with Crippen LogP contribution >= 0.6 is 35.0 Å². The highest BCUT2D eigenvalue weighted by Crippen LogP contribution is 2.34. The van der Waals surface area contributed by atoms with Gasteiger partial charge in [0.2, 0.25) is 0 Å². The van der Waals surface area contributed by atoms with Gasteiger partial charge in [0.15, 0.2) is 0 Å². The molecule has 0 aliphatic carbocycles. The molecule has 0 N–H and O–H groups in total. The van der Waals surface area contributed by atoms with E-state index in [4.69, 9.17) is 23.2 Å². The molecule has 0 nitrogen and oxygen atoms in total. The molecule has 0 heterocycles. The fourth-order valence-corrected chi connectivity index (χ4v) is 5.64. The monoisotopic (exact) mass is 586 g/mol. The summed E-state index contributed by atoms with van der Waals surface area (Å²) in [6, 6.07) is 47.1. The summed E-state index contributed by atoms with van der Waals surface area (Å²) in [5.41, 5.74) is 7.55. The van der Waals surface area contributed by atoms with E-state index in [9.17, 15) is 0 Å². The van der Waals surface area contributed by atoms with Gasteiger partial charge in [-0.25, -0.2) is 0 Å². The molecule has 0 amide bonds. The second kappa shape index (κ2) is 14.6. The van der Waals surface area contributed by atoms with E-state index in [1.165, 1.54) is 10.5 Å². The second-order valence-electron chi connectivity index (χ2n) is 9.37. The number of hydrogen-bond acceptors (Lipinski definition) is 1. The summed E-state index contributed by atoms with van der Waals surface area (Å²) in [6.07, 6.45) is 3.10. The molecule has 5 aromatic carbocycles. The maximum absolute atomic E-state index is 6.31. The summed E-state index contributed by atoms with van der Waals surface area (Å²) in [4.78, 5) is 1.25. The summed E-state index contributed by atoms with van der Waals surface area (Å²) >= 11 is 14.5. The van der Waals surface area contributed by atoms with Crippen molar-refractivity contribution in [3.05, 3.63) is 183 Å². The van der Waals surface area contributed by atoms with Crippen LogP contribution < -0.4 is 0 Å². The Bertz CT molecular complexity index is 1630. The number of rotatable bonds is 8. The molecule has 0 atom stereocenters. The van der Waals surface area contributed by atoms with Crippen LogP contribution in [0.1, 0.15) is 28.7 Å². The molecule has 0 aliphatic rings. The van der Waals surface area contributed by atoms with Crippen LogP contribution in [0, 0.1) is 11.8 Å². The summed E-state index contributed by atoms with van der Waals surface area (Å²) in [7, 11) is 0. The first-order valence-electron chi connectivity index (χ1n) is 13.4. The number of hydrogen-bond donors (Lipinski definition) is 0. The predicted molar refractivity (Wildman–Crippen MR) is 178 cm³/mol. The molecule has 0 aromatic heterocycles. The first-order valence-corrected chi connectivity index (χ1v) is 15.2. The van der Waals surface area contributed by atoms with Gasteiger partial charge in [-0.15, -0.1) is 11.8 Å². The average molecular weight is 588 g/mol. The highest BCUT2D eigenvalue weighted by molar-refractivity contribution is 7.99. The molecule has 0 unspecified atom stereocenters. The average Bonchev–Trinajstić information content (AvgIpc) is 3.02. The molecular formula is C38H28Cl2S. The van der Waals surface area contributed by atoms with Crippen LogP contribution in [0.5, 0.6) is 0 Å². The lowest BCUT2D eigenvalue weighted by Gasteiger charge is -2.16. The van der Waals surface area contributed by atoms with E-state index >= 15 is 0 Å². The van der Waals surface area contributed by atoms with Crippen LogP contribution in [-0.4, -0.2) is 5.75 Å². The number of allylic oxidation sites excluding steroid dienone is 3. The van der Waals surface area contributed by atoms with Crippen molar-refractivity contribution in [2.75, 3.05) is 5.75 Å². The van der Waals surface area contributed by atoms with Gasteiger partial charge in [0.05, 0.1) is 0 Å². The fourth-order valence-electron chi connectivity index (χ4n) is 4.48. The SMILES string of the molecule is Clc1ccc(C(=C(/C=C(\C#Cc2ccccc2)c2ccccc2)CCSc2ccccc2)c2ccc(Cl)cc2)cc1. The molecule has 0 saturated heterocycles. The van der Waals surface area contributed by atoms with Gasteiger partial charge in [0, 0.05) is 31.8 Å². The summed E-state index contributed by atoms with van der Waals surface area (Å²) < 4.78 is 0. The molecule has 3 heteroatoms. The number of benzene rings is 5. The highest BCUT2D eigenvalue weighted by Gasteiger charge is 2.13. The maximum Gasteiger partial charge on any atom is 0.0406 e. The Morgan fingerprint density at radius 2 is 1.10 bits per heavy atom. The lowest BCUT2D eigenvalue weighted by Crippen LogP contribution is -1.97. The summed E-state index contributed by atoms with van der Waals surface area (Å²) in [6.45, 7) is 0. The van der Waals surface area contributed by atoms with Gasteiger partial charge in [-0.3, -0.25) is 0 Å². The standard InChI is InChI=1S/C38H28Cl2S/c39-35-22-18-31(19-23-35)38(32-20-24-36(40)25-21-32)34(26-27-41-37-14-8-3-9-15-37)28-33(30-12-6-2-7-13-30)17-16-29-10-4-1-5-11-29/h1-15,18-25,28H,26-27H2/b33-28+. The highest BCUT2D eigenvalue weighted by atomic mass is 35.5. The smallest absolute Gasteiger partial charge is 0.0406 e. The van der Waals surface area contributed by atoms with Crippen molar-refractivity contribution in [3.8, 4) is 11.8 Å². The van der Waals surface area contributed by atoms with Crippen LogP contribution in [0.2, 0.25) is 10.0 Å². The molecule has 0 bridgehead atoms. The molecule has 0 fully saturated rings. The third kappa shape index (κ3) is 8.29. The van der Waals surface area contributed by atoms with Gasteiger partial charge in [0.1, 0.15) is 0 Å². The van der Waals surface area contributed by atoms with Crippen molar-refractivity contribution >= 4 is 46.1 Å². The topological polar surface area (TPSA) is 0 Å². The second-order valence-corrected chi connectivity index (χ2v) is 11.4. The molecule has 41 heavy (non-hydrogen) atoms. The van der Waals surface area contributed by atoms with Gasteiger partial charge < -0.3 is 0 Å². The minimum absolute atomic E-state index is 0.708. The molecule has 0 aliphatic heterocycles. The predicted octanol–water partition coefficient (Wildman–Crippen LogP) is 11.1. The van der Waals surface area contributed by atoms with E-state index in [0.29, 0.717) is 10.0 Å². The Morgan fingerprint density at radius 3 is 1.66 bits per heavy atom. The molecule has 0 radical (unpaired) electrons. The van der Waals surface area contributed by atoms with E-state index in [-0.39, 0.29) is 0 Å². The third-order valence-corrected chi connectivity index (χ3v) is 8.01. The first-order chi connectivity index (χ1) is 20.2. The van der Waals surface area contributed by atoms with Crippen LogP contribution in [0.4, 0.5) is 0 Å². The lowest BCUT2D eigenvalue weighted by atomic mass is 9.90. The van der Waals surface area contributed by atoms with Crippen molar-refractivity contribution in [3.63, 3.8) is 0 Å². The lowest BCUT2D eigenvalue weighted by molar-refractivity contribution is 1.16. The van der Waals surface area contributed by atoms with Crippen molar-refractivity contribution in [1.29, 1.82) is 0 Å². The Kier molecular flexibility index (Phi) is 10.2. The molecular weight excluding hydrogens is 559 g/mol. The van der Waals surface area contributed by atoms with E-state index in [1.807, 2.05) is 72.4 Å². The van der Waals surface area contributed by atoms with Gasteiger partial charge >= 0.3 is 0 Å². The number of thioether (sulfide) groups is 1. The Morgan fingerprint density at radius 1 is 0.585 bits per heavy atom. The number of halogens is 2. The quantitative estimate of drug-likeness (QED) is 0.0989. The zero-order valence-electron chi connectivity index (χ0n) is 22.4. The van der Waals surface area contributed by atoms with Crippen molar-refractivity contribution in [2.45, 2.75) is 11.3 Å². The largest absolute Gasteiger partial charge is 0.126 e. The van der Waals surface area contributed by atoms with Gasteiger partial charge in [-0.2, -0.15) is 0 Å². The zero-order valence-corrected chi connectivity index (χ0v) is 24.8. The third-order valence-electron chi connectivity index (χ3n) is 6.49. The maximum atomic E-state index is 6.31. The van der Waals surface area contributed by atoms with Gasteiger partial charge in [0.25, 0.3) is 0 Å².